The summed E-state index contributed by atoms with van der Waals surface area (Å²) >= 11 is 0. The van der Waals surface area contributed by atoms with E-state index in [0.717, 1.165) is 0 Å². The summed E-state index contributed by atoms with van der Waals surface area (Å²) in [4.78, 5) is 12.0. The molecule has 0 radical (unpaired) electrons. The van der Waals surface area contributed by atoms with Crippen molar-refractivity contribution in [2.24, 2.45) is 5.92 Å². The third-order valence-corrected chi connectivity index (χ3v) is 5.94. The van der Waals surface area contributed by atoms with Crippen LogP contribution in [0.5, 0.6) is 0 Å². The van der Waals surface area contributed by atoms with Gasteiger partial charge in [-0.25, -0.2) is 0 Å². The molecule has 0 bridgehead atoms. The van der Waals surface area contributed by atoms with Crippen molar-refractivity contribution in [3.8, 4) is 0 Å². The van der Waals surface area contributed by atoms with Crippen molar-refractivity contribution in [1.82, 2.24) is 0 Å². The van der Waals surface area contributed by atoms with Crippen molar-refractivity contribution < 1.29 is 40.2 Å². The molecule has 6 unspecified atom stereocenters. The molecule has 1 aliphatic rings. The molecule has 166 valence electrons. The molecule has 0 amide bonds. The Labute approximate surface area is 167 Å². The number of carbonyl (C=O) groups is 1. The summed E-state index contributed by atoms with van der Waals surface area (Å²) in [6.07, 6.45) is -2.41. The van der Waals surface area contributed by atoms with Gasteiger partial charge in [-0.1, -0.05) is 0 Å². The normalized spacial score (nSPS) is 30.4. The molecule has 8 nitrogen and oxygen atoms in total. The van der Waals surface area contributed by atoms with Gasteiger partial charge >= 0.3 is 5.97 Å². The van der Waals surface area contributed by atoms with Gasteiger partial charge in [0.15, 0.2) is 0 Å². The minimum absolute atomic E-state index is 0.00865. The van der Waals surface area contributed by atoms with Gasteiger partial charge in [0, 0.05) is 0 Å². The smallest absolute Gasteiger partial charge is 0.309 e. The van der Waals surface area contributed by atoms with E-state index in [9.17, 15) is 35.4 Å². The molecule has 6 N–H and O–H groups in total. The number of carbonyl (C=O) groups excluding carboxylic acids is 1. The fourth-order valence-corrected chi connectivity index (χ4v) is 3.67. The first-order valence-corrected chi connectivity index (χ1v) is 10.1. The van der Waals surface area contributed by atoms with E-state index in [0.29, 0.717) is 6.42 Å². The molecule has 28 heavy (non-hydrogen) atoms. The number of aliphatic hydroxyl groups is 6. The van der Waals surface area contributed by atoms with E-state index in [1.807, 2.05) is 0 Å². The zero-order valence-electron chi connectivity index (χ0n) is 17.5. The van der Waals surface area contributed by atoms with Gasteiger partial charge in [0.1, 0.15) is 0 Å². The largest absolute Gasteiger partial charge is 0.466 e. The van der Waals surface area contributed by atoms with Crippen LogP contribution >= 0.6 is 0 Å². The van der Waals surface area contributed by atoms with Crippen molar-refractivity contribution >= 4 is 5.97 Å². The van der Waals surface area contributed by atoms with Gasteiger partial charge in [-0.15, -0.1) is 0 Å². The zero-order chi connectivity index (χ0) is 21.8. The lowest BCUT2D eigenvalue weighted by molar-refractivity contribution is -0.164. The molecule has 1 fully saturated rings. The highest BCUT2D eigenvalue weighted by Crippen LogP contribution is 2.38. The van der Waals surface area contributed by atoms with Crippen LogP contribution in [0.15, 0.2) is 0 Å². The Balaban J connectivity index is 2.64. The molecule has 1 saturated carbocycles. The summed E-state index contributed by atoms with van der Waals surface area (Å²) in [6.45, 7) is 6.30. The lowest BCUT2D eigenvalue weighted by Crippen LogP contribution is -2.50. The summed E-state index contributed by atoms with van der Waals surface area (Å²) in [5.74, 6) is -0.908. The molecule has 1 aliphatic carbocycles. The monoisotopic (exact) mass is 406 g/mol. The average Bonchev–Trinajstić information content (AvgIpc) is 2.59. The first-order valence-electron chi connectivity index (χ1n) is 10.1. The second-order valence-electron chi connectivity index (χ2n) is 8.97. The number of hydrogen-bond acceptors (Lipinski definition) is 8. The SMILES string of the molecule is CCOC(=O)C1CCC(O)C(O)(CCC(O)C(C)(O)CCC(O)C(C)(C)O)C1. The molecule has 0 heterocycles. The fraction of sp³-hybridized carbons (Fsp3) is 0.950. The number of rotatable bonds is 10. The van der Waals surface area contributed by atoms with Crippen molar-refractivity contribution in [2.45, 2.75) is 108 Å². The summed E-state index contributed by atoms with van der Waals surface area (Å²) in [6, 6.07) is 0. The summed E-state index contributed by atoms with van der Waals surface area (Å²) in [5, 5.41) is 61.7. The predicted molar refractivity (Wildman–Crippen MR) is 102 cm³/mol. The van der Waals surface area contributed by atoms with E-state index in [4.69, 9.17) is 4.74 Å². The first-order chi connectivity index (χ1) is 12.7. The van der Waals surface area contributed by atoms with Crippen molar-refractivity contribution in [3.05, 3.63) is 0 Å². The van der Waals surface area contributed by atoms with Gasteiger partial charge < -0.3 is 35.4 Å². The maximum atomic E-state index is 12.0. The van der Waals surface area contributed by atoms with Crippen LogP contribution in [0.3, 0.4) is 0 Å². The second kappa shape index (κ2) is 9.82. The molecule has 8 heteroatoms. The minimum Gasteiger partial charge on any atom is -0.466 e. The standard InChI is InChI=1S/C20H38O8/c1-5-28-17(24)13-6-7-16(23)20(27,12-13)11-9-15(22)19(4,26)10-8-14(21)18(2,3)25/h13-16,21-23,25-27H,5-12H2,1-4H3. The lowest BCUT2D eigenvalue weighted by Gasteiger charge is -2.41. The number of ether oxygens (including phenoxy) is 1. The lowest BCUT2D eigenvalue weighted by atomic mass is 9.72. The van der Waals surface area contributed by atoms with E-state index in [2.05, 4.69) is 0 Å². The van der Waals surface area contributed by atoms with E-state index in [1.54, 1.807) is 6.92 Å². The van der Waals surface area contributed by atoms with Crippen molar-refractivity contribution in [1.29, 1.82) is 0 Å². The third-order valence-electron chi connectivity index (χ3n) is 5.94. The summed E-state index contributed by atoms with van der Waals surface area (Å²) in [7, 11) is 0. The van der Waals surface area contributed by atoms with Gasteiger partial charge in [-0.05, 0) is 72.6 Å². The highest BCUT2D eigenvalue weighted by atomic mass is 16.5. The van der Waals surface area contributed by atoms with Crippen LogP contribution in [-0.4, -0.2) is 78.3 Å². The number of hydrogen-bond donors (Lipinski definition) is 6. The molecule has 0 saturated heterocycles. The van der Waals surface area contributed by atoms with E-state index < -0.39 is 47.0 Å². The molecule has 0 aromatic carbocycles. The number of esters is 1. The summed E-state index contributed by atoms with van der Waals surface area (Å²) < 4.78 is 5.01. The molecule has 6 atom stereocenters. The van der Waals surface area contributed by atoms with Gasteiger partial charge in [-0.3, -0.25) is 4.79 Å². The van der Waals surface area contributed by atoms with Crippen LogP contribution in [0, 0.1) is 5.92 Å². The maximum absolute atomic E-state index is 12.0. The molecular formula is C20H38O8. The Morgan fingerprint density at radius 3 is 2.29 bits per heavy atom. The highest BCUT2D eigenvalue weighted by Gasteiger charge is 2.45. The molecule has 0 spiro atoms. The van der Waals surface area contributed by atoms with Gasteiger partial charge in [0.2, 0.25) is 0 Å². The Morgan fingerprint density at radius 1 is 1.14 bits per heavy atom. The molecule has 0 aliphatic heterocycles. The van der Waals surface area contributed by atoms with Crippen LogP contribution in [0.4, 0.5) is 0 Å². The van der Waals surface area contributed by atoms with Gasteiger partial charge in [-0.2, -0.15) is 0 Å². The third kappa shape index (κ3) is 6.93. The summed E-state index contributed by atoms with van der Waals surface area (Å²) in [5.41, 5.74) is -4.40. The molecule has 1 rings (SSSR count). The number of aliphatic hydroxyl groups excluding tert-OH is 3. The molecular weight excluding hydrogens is 368 g/mol. The van der Waals surface area contributed by atoms with E-state index in [-0.39, 0.29) is 45.1 Å². The zero-order valence-corrected chi connectivity index (χ0v) is 17.5. The quantitative estimate of drug-likeness (QED) is 0.283. The molecule has 0 aromatic heterocycles. The topological polar surface area (TPSA) is 148 Å². The van der Waals surface area contributed by atoms with Crippen LogP contribution in [0.2, 0.25) is 0 Å². The van der Waals surface area contributed by atoms with E-state index >= 15 is 0 Å². The second-order valence-corrected chi connectivity index (χ2v) is 8.97. The Hall–Kier alpha value is -0.770. The fourth-order valence-electron chi connectivity index (χ4n) is 3.67. The minimum atomic E-state index is -1.54. The van der Waals surface area contributed by atoms with Crippen molar-refractivity contribution in [3.63, 3.8) is 0 Å². The van der Waals surface area contributed by atoms with Crippen LogP contribution in [0.25, 0.3) is 0 Å². The Kier molecular flexibility index (Phi) is 8.86. The van der Waals surface area contributed by atoms with Gasteiger partial charge in [0.25, 0.3) is 0 Å². The highest BCUT2D eigenvalue weighted by molar-refractivity contribution is 5.72. The van der Waals surface area contributed by atoms with Crippen molar-refractivity contribution in [2.75, 3.05) is 6.61 Å². The van der Waals surface area contributed by atoms with Gasteiger partial charge in [0.05, 0.1) is 47.6 Å². The maximum Gasteiger partial charge on any atom is 0.309 e. The van der Waals surface area contributed by atoms with Crippen LogP contribution < -0.4 is 0 Å². The predicted octanol–water partition coefficient (Wildman–Crippen LogP) is 0.246. The van der Waals surface area contributed by atoms with E-state index in [1.165, 1.54) is 20.8 Å². The Morgan fingerprint density at radius 2 is 1.75 bits per heavy atom. The average molecular weight is 407 g/mol. The Bertz CT molecular complexity index is 501. The first kappa shape index (κ1) is 25.3. The van der Waals surface area contributed by atoms with Crippen LogP contribution in [-0.2, 0) is 9.53 Å². The molecule has 0 aromatic rings. The van der Waals surface area contributed by atoms with Crippen LogP contribution in [0.1, 0.15) is 72.6 Å².